The van der Waals surface area contributed by atoms with Crippen LogP contribution in [0.2, 0.25) is 5.15 Å². The zero-order chi connectivity index (χ0) is 23.8. The third kappa shape index (κ3) is 5.97. The number of esters is 1. The van der Waals surface area contributed by atoms with Crippen molar-refractivity contribution >= 4 is 44.9 Å². The molecule has 33 heavy (non-hydrogen) atoms. The van der Waals surface area contributed by atoms with E-state index >= 15 is 0 Å². The van der Waals surface area contributed by atoms with E-state index in [2.05, 4.69) is 16.9 Å². The predicted molar refractivity (Wildman–Crippen MR) is 126 cm³/mol. The van der Waals surface area contributed by atoms with Crippen molar-refractivity contribution in [1.82, 2.24) is 4.98 Å². The van der Waals surface area contributed by atoms with Crippen molar-refractivity contribution < 1.29 is 22.7 Å². The lowest BCUT2D eigenvalue weighted by Gasteiger charge is -2.23. The summed E-state index contributed by atoms with van der Waals surface area (Å²) in [6, 6.07) is 17.1. The molecule has 0 unspecified atom stereocenters. The van der Waals surface area contributed by atoms with Crippen LogP contribution in [0, 0.1) is 0 Å². The molecule has 10 heteroatoms. The summed E-state index contributed by atoms with van der Waals surface area (Å²) in [5.74, 6) is -1.47. The van der Waals surface area contributed by atoms with E-state index in [1.165, 1.54) is 40.8 Å². The van der Waals surface area contributed by atoms with Gasteiger partial charge in [-0.15, -0.1) is 6.58 Å². The molecule has 0 saturated heterocycles. The highest BCUT2D eigenvalue weighted by atomic mass is 35.5. The fourth-order valence-corrected chi connectivity index (χ4v) is 4.49. The maximum Gasteiger partial charge on any atom is 0.338 e. The van der Waals surface area contributed by atoms with Gasteiger partial charge >= 0.3 is 5.97 Å². The molecular weight excluding hydrogens is 466 g/mol. The van der Waals surface area contributed by atoms with Crippen LogP contribution in [-0.2, 0) is 19.6 Å². The van der Waals surface area contributed by atoms with Crippen molar-refractivity contribution in [2.24, 2.45) is 0 Å². The van der Waals surface area contributed by atoms with Crippen LogP contribution in [-0.4, -0.2) is 38.4 Å². The van der Waals surface area contributed by atoms with Gasteiger partial charge in [-0.2, -0.15) is 0 Å². The summed E-state index contributed by atoms with van der Waals surface area (Å²) < 4.78 is 32.7. The molecule has 8 nitrogen and oxygen atoms in total. The number of para-hydroxylation sites is 1. The summed E-state index contributed by atoms with van der Waals surface area (Å²) in [7, 11) is -4.00. The molecule has 0 saturated carbocycles. The second-order valence-corrected chi connectivity index (χ2v) is 8.87. The van der Waals surface area contributed by atoms with Crippen LogP contribution in [0.1, 0.15) is 10.4 Å². The number of carbonyl (C=O) groups excluding carboxylic acids is 2. The minimum Gasteiger partial charge on any atom is -0.452 e. The Kier molecular flexibility index (Phi) is 7.81. The van der Waals surface area contributed by atoms with Gasteiger partial charge in [0, 0.05) is 6.20 Å². The van der Waals surface area contributed by atoms with Crippen LogP contribution in [0.3, 0.4) is 0 Å². The summed E-state index contributed by atoms with van der Waals surface area (Å²) in [6.45, 7) is 3.08. The van der Waals surface area contributed by atoms with Crippen LogP contribution in [0.25, 0.3) is 0 Å². The Balaban J connectivity index is 1.74. The van der Waals surface area contributed by atoms with Gasteiger partial charge < -0.3 is 10.1 Å². The first-order chi connectivity index (χ1) is 15.8. The van der Waals surface area contributed by atoms with E-state index in [1.807, 2.05) is 0 Å². The van der Waals surface area contributed by atoms with E-state index < -0.39 is 28.5 Å². The van der Waals surface area contributed by atoms with Gasteiger partial charge in [0.05, 0.1) is 28.4 Å². The molecule has 3 aromatic rings. The second kappa shape index (κ2) is 10.8. The molecule has 0 spiro atoms. The smallest absolute Gasteiger partial charge is 0.338 e. The molecule has 0 aliphatic heterocycles. The molecule has 0 aliphatic rings. The monoisotopic (exact) mass is 485 g/mol. The Morgan fingerprint density at radius 2 is 1.85 bits per heavy atom. The van der Waals surface area contributed by atoms with Crippen molar-refractivity contribution in [3.63, 3.8) is 0 Å². The van der Waals surface area contributed by atoms with Gasteiger partial charge in [-0.1, -0.05) is 41.9 Å². The van der Waals surface area contributed by atoms with E-state index in [4.69, 9.17) is 16.3 Å². The zero-order valence-electron chi connectivity index (χ0n) is 17.3. The van der Waals surface area contributed by atoms with Crippen molar-refractivity contribution in [3.8, 4) is 0 Å². The predicted octanol–water partition coefficient (Wildman–Crippen LogP) is 3.91. The molecule has 1 amide bonds. The highest BCUT2D eigenvalue weighted by molar-refractivity contribution is 7.92. The fraction of sp³-hybridized carbons (Fsp3) is 0.0870. The first-order valence-corrected chi connectivity index (χ1v) is 11.5. The number of anilines is 2. The van der Waals surface area contributed by atoms with Crippen LogP contribution >= 0.6 is 11.6 Å². The fourth-order valence-electron chi connectivity index (χ4n) is 2.84. The molecule has 0 bridgehead atoms. The third-order valence-electron chi connectivity index (χ3n) is 4.36. The van der Waals surface area contributed by atoms with Gasteiger partial charge in [-0.25, -0.2) is 18.2 Å². The second-order valence-electron chi connectivity index (χ2n) is 6.65. The van der Waals surface area contributed by atoms with Crippen molar-refractivity contribution in [1.29, 1.82) is 0 Å². The quantitative estimate of drug-likeness (QED) is 0.280. The molecule has 0 aliphatic carbocycles. The number of aromatic nitrogens is 1. The lowest BCUT2D eigenvalue weighted by molar-refractivity contribution is -0.119. The summed E-state index contributed by atoms with van der Waals surface area (Å²) in [5, 5.41) is 2.57. The SMILES string of the molecule is C=CCN(c1ccccc1)S(=O)(=O)c1cccc(C(=O)OCC(=O)Nc2cccnc2Cl)c1. The molecular formula is C23H20ClN3O5S. The number of rotatable bonds is 9. The first kappa shape index (κ1) is 24.0. The van der Waals surface area contributed by atoms with Crippen LogP contribution in [0.5, 0.6) is 0 Å². The van der Waals surface area contributed by atoms with Gasteiger partial charge in [0.15, 0.2) is 11.8 Å². The number of amides is 1. The summed E-state index contributed by atoms with van der Waals surface area (Å²) in [6.07, 6.45) is 2.93. The Hall–Kier alpha value is -3.69. The molecule has 170 valence electrons. The van der Waals surface area contributed by atoms with Crippen LogP contribution in [0.15, 0.2) is 90.5 Å². The topological polar surface area (TPSA) is 106 Å². The number of pyridine rings is 1. The minimum absolute atomic E-state index is 0.0186. The molecule has 1 aromatic heterocycles. The van der Waals surface area contributed by atoms with Gasteiger partial charge in [0.25, 0.3) is 15.9 Å². The van der Waals surface area contributed by atoms with Gasteiger partial charge in [-0.05, 0) is 42.5 Å². The minimum atomic E-state index is -4.00. The average molecular weight is 486 g/mol. The largest absolute Gasteiger partial charge is 0.452 e. The highest BCUT2D eigenvalue weighted by Gasteiger charge is 2.25. The number of benzene rings is 2. The number of hydrogen-bond donors (Lipinski definition) is 1. The number of halogens is 1. The Labute approximate surface area is 196 Å². The standard InChI is InChI=1S/C23H20ClN3O5S/c1-2-14-27(18-9-4-3-5-10-18)33(30,31)19-11-6-8-17(15-19)23(29)32-16-21(28)26-20-12-7-13-25-22(20)24/h2-13,15H,1,14,16H2,(H,26,28). The first-order valence-electron chi connectivity index (χ1n) is 9.69. The Bertz CT molecular complexity index is 1270. The zero-order valence-corrected chi connectivity index (χ0v) is 18.9. The van der Waals surface area contributed by atoms with E-state index in [1.54, 1.807) is 42.5 Å². The molecule has 0 radical (unpaired) electrons. The number of ether oxygens (including phenoxy) is 1. The number of sulfonamides is 1. The maximum absolute atomic E-state index is 13.2. The van der Waals surface area contributed by atoms with Gasteiger partial charge in [-0.3, -0.25) is 9.10 Å². The molecule has 2 aromatic carbocycles. The number of nitrogens with one attached hydrogen (secondary N) is 1. The maximum atomic E-state index is 13.2. The normalized spacial score (nSPS) is 10.8. The molecule has 0 atom stereocenters. The Morgan fingerprint density at radius 1 is 1.09 bits per heavy atom. The number of hydrogen-bond acceptors (Lipinski definition) is 6. The van der Waals surface area contributed by atoms with Gasteiger partial charge in [0.2, 0.25) is 0 Å². The Morgan fingerprint density at radius 3 is 2.55 bits per heavy atom. The van der Waals surface area contributed by atoms with Gasteiger partial charge in [0.1, 0.15) is 0 Å². The lowest BCUT2D eigenvalue weighted by Crippen LogP contribution is -2.31. The lowest BCUT2D eigenvalue weighted by atomic mass is 10.2. The van der Waals surface area contributed by atoms with E-state index in [-0.39, 0.29) is 27.8 Å². The van der Waals surface area contributed by atoms with Crippen LogP contribution < -0.4 is 9.62 Å². The van der Waals surface area contributed by atoms with Crippen LogP contribution in [0.4, 0.5) is 11.4 Å². The highest BCUT2D eigenvalue weighted by Crippen LogP contribution is 2.24. The number of nitrogens with zero attached hydrogens (tertiary/aromatic N) is 2. The molecule has 0 fully saturated rings. The molecule has 3 rings (SSSR count). The van der Waals surface area contributed by atoms with E-state index in [0.29, 0.717) is 5.69 Å². The summed E-state index contributed by atoms with van der Waals surface area (Å²) in [5.41, 5.74) is 0.711. The van der Waals surface area contributed by atoms with E-state index in [9.17, 15) is 18.0 Å². The summed E-state index contributed by atoms with van der Waals surface area (Å²) in [4.78, 5) is 28.2. The number of carbonyl (C=O) groups is 2. The summed E-state index contributed by atoms with van der Waals surface area (Å²) >= 11 is 5.88. The van der Waals surface area contributed by atoms with E-state index in [0.717, 1.165) is 0 Å². The molecule has 1 N–H and O–H groups in total. The van der Waals surface area contributed by atoms with Crippen molar-refractivity contribution in [2.45, 2.75) is 4.90 Å². The van der Waals surface area contributed by atoms with Crippen molar-refractivity contribution in [2.75, 3.05) is 22.8 Å². The third-order valence-corrected chi connectivity index (χ3v) is 6.46. The molecule has 1 heterocycles. The van der Waals surface area contributed by atoms with Crippen molar-refractivity contribution in [3.05, 3.63) is 96.3 Å². The average Bonchev–Trinajstić information content (AvgIpc) is 2.83.